The first kappa shape index (κ1) is 10.2. The summed E-state index contributed by atoms with van der Waals surface area (Å²) in [6.45, 7) is 5.01. The van der Waals surface area contributed by atoms with Crippen LogP contribution < -0.4 is 11.1 Å². The highest BCUT2D eigenvalue weighted by Crippen LogP contribution is 2.29. The Morgan fingerprint density at radius 2 is 2.20 bits per heavy atom. The van der Waals surface area contributed by atoms with Crippen molar-refractivity contribution in [3.63, 3.8) is 0 Å². The van der Waals surface area contributed by atoms with Crippen LogP contribution in [0.5, 0.6) is 0 Å². The second kappa shape index (κ2) is 4.02. The largest absolute Gasteiger partial charge is 0.370 e. The fraction of sp³-hybridized carbons (Fsp3) is 0.400. The van der Waals surface area contributed by atoms with Gasteiger partial charge in [-0.2, -0.15) is 4.98 Å². The van der Waals surface area contributed by atoms with Crippen molar-refractivity contribution in [2.45, 2.75) is 20.3 Å². The topological polar surface area (TPSA) is 63.8 Å². The fourth-order valence-electron chi connectivity index (χ4n) is 1.46. The normalized spacial score (nSPS) is 10.8. The van der Waals surface area contributed by atoms with Crippen LogP contribution in [0.4, 0.5) is 11.8 Å². The third kappa shape index (κ3) is 1.87. The summed E-state index contributed by atoms with van der Waals surface area (Å²) in [6.07, 6.45) is 1.02. The first-order chi connectivity index (χ1) is 7.24. The molecule has 0 aromatic carbocycles. The molecule has 0 unspecified atom stereocenters. The Morgan fingerprint density at radius 3 is 2.87 bits per heavy atom. The quantitative estimate of drug-likeness (QED) is 0.836. The summed E-state index contributed by atoms with van der Waals surface area (Å²) in [5, 5.41) is 4.28. The molecule has 0 amide bonds. The van der Waals surface area contributed by atoms with Crippen molar-refractivity contribution in [1.29, 1.82) is 0 Å². The molecule has 0 fully saturated rings. The molecule has 0 aliphatic heterocycles. The van der Waals surface area contributed by atoms with Gasteiger partial charge in [0.1, 0.15) is 10.6 Å². The van der Waals surface area contributed by atoms with Gasteiger partial charge < -0.3 is 11.1 Å². The second-order valence-corrected chi connectivity index (χ2v) is 4.36. The first-order valence-electron chi connectivity index (χ1n) is 5.04. The number of nitrogen functional groups attached to an aromatic ring is 1. The van der Waals surface area contributed by atoms with Gasteiger partial charge in [0, 0.05) is 11.4 Å². The molecule has 80 valence electrons. The fourth-order valence-corrected chi connectivity index (χ4v) is 2.44. The lowest BCUT2D eigenvalue weighted by atomic mass is 10.3. The number of hydrogen-bond donors (Lipinski definition) is 2. The number of nitrogens with two attached hydrogens (primary N) is 1. The van der Waals surface area contributed by atoms with E-state index in [0.29, 0.717) is 5.95 Å². The molecule has 4 nitrogen and oxygen atoms in total. The van der Waals surface area contributed by atoms with E-state index < -0.39 is 0 Å². The molecule has 0 aliphatic carbocycles. The number of nitrogens with zero attached hydrogens (tertiary/aromatic N) is 2. The van der Waals surface area contributed by atoms with Crippen molar-refractivity contribution in [1.82, 2.24) is 9.97 Å². The maximum Gasteiger partial charge on any atom is 0.223 e. The summed E-state index contributed by atoms with van der Waals surface area (Å²) >= 11 is 1.68. The Kier molecular flexibility index (Phi) is 2.73. The highest BCUT2D eigenvalue weighted by Gasteiger charge is 2.08. The predicted molar refractivity (Wildman–Crippen MR) is 65.4 cm³/mol. The maximum atomic E-state index is 5.65. The molecule has 0 saturated heterocycles. The van der Waals surface area contributed by atoms with Crippen LogP contribution in [0.3, 0.4) is 0 Å². The minimum absolute atomic E-state index is 0.336. The van der Waals surface area contributed by atoms with Gasteiger partial charge in [-0.1, -0.05) is 6.92 Å². The monoisotopic (exact) mass is 222 g/mol. The van der Waals surface area contributed by atoms with Gasteiger partial charge in [0.2, 0.25) is 5.95 Å². The molecule has 0 aliphatic rings. The standard InChI is InChI=1S/C10H14N4S/c1-3-6-5-7-8(12-4-2)13-10(11)14-9(7)15-6/h5H,3-4H2,1-2H3,(H3,11,12,13,14). The molecule has 2 heterocycles. The van der Waals surface area contributed by atoms with Crippen LogP contribution in [0.15, 0.2) is 6.07 Å². The number of rotatable bonds is 3. The van der Waals surface area contributed by atoms with Crippen LogP contribution in [-0.2, 0) is 6.42 Å². The minimum Gasteiger partial charge on any atom is -0.370 e. The number of fused-ring (bicyclic) bond motifs is 1. The highest BCUT2D eigenvalue weighted by molar-refractivity contribution is 7.18. The molecular formula is C10H14N4S. The second-order valence-electron chi connectivity index (χ2n) is 3.25. The number of thiophene rings is 1. The molecule has 0 atom stereocenters. The number of nitrogens with one attached hydrogen (secondary N) is 1. The van der Waals surface area contributed by atoms with Crippen LogP contribution in [0.1, 0.15) is 18.7 Å². The van der Waals surface area contributed by atoms with E-state index in [1.165, 1.54) is 4.88 Å². The van der Waals surface area contributed by atoms with Crippen molar-refractivity contribution in [2.75, 3.05) is 17.6 Å². The van der Waals surface area contributed by atoms with Crippen molar-refractivity contribution >= 4 is 33.3 Å². The number of aromatic nitrogens is 2. The maximum absolute atomic E-state index is 5.65. The van der Waals surface area contributed by atoms with Crippen LogP contribution in [0, 0.1) is 0 Å². The van der Waals surface area contributed by atoms with Crippen LogP contribution >= 0.6 is 11.3 Å². The molecule has 0 bridgehead atoms. The molecular weight excluding hydrogens is 208 g/mol. The Labute approximate surface area is 92.5 Å². The van der Waals surface area contributed by atoms with Gasteiger partial charge in [0.25, 0.3) is 0 Å². The molecule has 3 N–H and O–H groups in total. The lowest BCUT2D eigenvalue weighted by Crippen LogP contribution is -2.03. The zero-order chi connectivity index (χ0) is 10.8. The lowest BCUT2D eigenvalue weighted by Gasteiger charge is -2.03. The van der Waals surface area contributed by atoms with Gasteiger partial charge in [-0.25, -0.2) is 4.98 Å². The van der Waals surface area contributed by atoms with E-state index in [1.54, 1.807) is 11.3 Å². The van der Waals surface area contributed by atoms with E-state index in [4.69, 9.17) is 5.73 Å². The molecule has 0 radical (unpaired) electrons. The Morgan fingerprint density at radius 1 is 1.40 bits per heavy atom. The third-order valence-corrected chi connectivity index (χ3v) is 3.33. The molecule has 15 heavy (non-hydrogen) atoms. The zero-order valence-corrected chi connectivity index (χ0v) is 9.69. The number of hydrogen-bond acceptors (Lipinski definition) is 5. The SMILES string of the molecule is CCNc1nc(N)nc2sc(CC)cc12. The summed E-state index contributed by atoms with van der Waals surface area (Å²) in [5.41, 5.74) is 5.65. The van der Waals surface area contributed by atoms with Crippen molar-refractivity contribution < 1.29 is 0 Å². The third-order valence-electron chi connectivity index (χ3n) is 2.15. The molecule has 5 heteroatoms. The van der Waals surface area contributed by atoms with E-state index >= 15 is 0 Å². The summed E-state index contributed by atoms with van der Waals surface area (Å²) in [6, 6.07) is 2.14. The van der Waals surface area contributed by atoms with Gasteiger partial charge in [-0.05, 0) is 19.4 Å². The van der Waals surface area contributed by atoms with Crippen LogP contribution in [-0.4, -0.2) is 16.5 Å². The smallest absolute Gasteiger partial charge is 0.223 e. The van der Waals surface area contributed by atoms with E-state index in [-0.39, 0.29) is 0 Å². The first-order valence-corrected chi connectivity index (χ1v) is 5.86. The Bertz CT molecular complexity index is 477. The molecule has 0 saturated carbocycles. The van der Waals surface area contributed by atoms with E-state index in [2.05, 4.69) is 28.3 Å². The van der Waals surface area contributed by atoms with Gasteiger partial charge in [-0.3, -0.25) is 0 Å². The van der Waals surface area contributed by atoms with Crippen molar-refractivity contribution in [3.05, 3.63) is 10.9 Å². The van der Waals surface area contributed by atoms with Crippen LogP contribution in [0.2, 0.25) is 0 Å². The van der Waals surface area contributed by atoms with Crippen molar-refractivity contribution in [3.8, 4) is 0 Å². The lowest BCUT2D eigenvalue weighted by molar-refractivity contribution is 1.15. The summed E-state index contributed by atoms with van der Waals surface area (Å²) in [4.78, 5) is 10.7. The average Bonchev–Trinajstić information content (AvgIpc) is 2.61. The van der Waals surface area contributed by atoms with E-state index in [9.17, 15) is 0 Å². The van der Waals surface area contributed by atoms with E-state index in [0.717, 1.165) is 29.0 Å². The van der Waals surface area contributed by atoms with Gasteiger partial charge in [0.15, 0.2) is 0 Å². The molecule has 0 spiro atoms. The predicted octanol–water partition coefficient (Wildman–Crippen LogP) is 2.27. The molecule has 2 rings (SSSR count). The number of aryl methyl sites for hydroxylation is 1. The average molecular weight is 222 g/mol. The highest BCUT2D eigenvalue weighted by atomic mass is 32.1. The van der Waals surface area contributed by atoms with Gasteiger partial charge in [0.05, 0.1) is 5.39 Å². The summed E-state index contributed by atoms with van der Waals surface area (Å²) in [5.74, 6) is 1.18. The minimum atomic E-state index is 0.336. The van der Waals surface area contributed by atoms with Crippen molar-refractivity contribution in [2.24, 2.45) is 0 Å². The number of anilines is 2. The zero-order valence-electron chi connectivity index (χ0n) is 8.87. The summed E-state index contributed by atoms with van der Waals surface area (Å²) in [7, 11) is 0. The Balaban J connectivity index is 2.61. The summed E-state index contributed by atoms with van der Waals surface area (Å²) < 4.78 is 0. The van der Waals surface area contributed by atoms with Crippen LogP contribution in [0.25, 0.3) is 10.2 Å². The molecule has 2 aromatic rings. The Hall–Kier alpha value is -1.36. The van der Waals surface area contributed by atoms with E-state index in [1.807, 2.05) is 6.92 Å². The molecule has 2 aromatic heterocycles. The van der Waals surface area contributed by atoms with Gasteiger partial charge >= 0.3 is 0 Å². The van der Waals surface area contributed by atoms with Gasteiger partial charge in [-0.15, -0.1) is 11.3 Å².